The molecule has 0 unspecified atom stereocenters. The lowest BCUT2D eigenvalue weighted by atomic mass is 9.93. The predicted octanol–water partition coefficient (Wildman–Crippen LogP) is 3.11. The molecule has 2 aliphatic heterocycles. The van der Waals surface area contributed by atoms with Crippen LogP contribution in [0, 0.1) is 11.8 Å². The summed E-state index contributed by atoms with van der Waals surface area (Å²) in [6.45, 7) is 5.64. The zero-order chi connectivity index (χ0) is 18.8. The summed E-state index contributed by atoms with van der Waals surface area (Å²) in [5.41, 5.74) is 1.68. The first-order valence-electron chi connectivity index (χ1n) is 10.00. The molecule has 3 heterocycles. The van der Waals surface area contributed by atoms with Crippen LogP contribution < -0.4 is 9.64 Å². The number of hydrogen-bond donors (Lipinski definition) is 0. The van der Waals surface area contributed by atoms with Crippen LogP contribution in [0.2, 0.25) is 0 Å². The highest BCUT2D eigenvalue weighted by Gasteiger charge is 2.32. The second-order valence-corrected chi connectivity index (χ2v) is 7.84. The van der Waals surface area contributed by atoms with Gasteiger partial charge in [0, 0.05) is 26.2 Å². The van der Waals surface area contributed by atoms with E-state index in [2.05, 4.69) is 21.7 Å². The van der Waals surface area contributed by atoms with Crippen molar-refractivity contribution in [1.29, 1.82) is 0 Å². The number of carbonyl (C=O) groups is 1. The van der Waals surface area contributed by atoms with Crippen LogP contribution in [0.5, 0.6) is 5.88 Å². The van der Waals surface area contributed by atoms with Crippen LogP contribution in [0.15, 0.2) is 24.3 Å². The number of hydrogen-bond acceptors (Lipinski definition) is 5. The van der Waals surface area contributed by atoms with Crippen molar-refractivity contribution in [1.82, 2.24) is 14.9 Å². The lowest BCUT2D eigenvalue weighted by Gasteiger charge is -2.37. The minimum Gasteiger partial charge on any atom is -0.478 e. The maximum atomic E-state index is 13.0. The Kier molecular flexibility index (Phi) is 5.14. The fourth-order valence-electron chi connectivity index (χ4n) is 4.18. The number of carbonyl (C=O) groups excluding carboxylic acids is 1. The number of aromatic nitrogens is 2. The van der Waals surface area contributed by atoms with Crippen LogP contribution in [0.1, 0.15) is 32.6 Å². The van der Waals surface area contributed by atoms with Crippen molar-refractivity contribution in [2.45, 2.75) is 32.6 Å². The number of ether oxygens (including phenoxy) is 1. The number of likely N-dealkylation sites (tertiary alicyclic amines) is 1. The molecule has 2 aromatic rings. The summed E-state index contributed by atoms with van der Waals surface area (Å²) in [5.74, 6) is 2.35. The highest BCUT2D eigenvalue weighted by atomic mass is 16.5. The molecule has 1 atom stereocenters. The van der Waals surface area contributed by atoms with Crippen molar-refractivity contribution in [3.8, 4) is 5.88 Å². The largest absolute Gasteiger partial charge is 0.478 e. The van der Waals surface area contributed by atoms with E-state index in [1.54, 1.807) is 7.11 Å². The molecule has 4 rings (SSSR count). The van der Waals surface area contributed by atoms with Crippen LogP contribution >= 0.6 is 0 Å². The number of fused-ring (bicyclic) bond motifs is 1. The van der Waals surface area contributed by atoms with Crippen molar-refractivity contribution in [3.63, 3.8) is 0 Å². The predicted molar refractivity (Wildman–Crippen MR) is 106 cm³/mol. The first-order chi connectivity index (χ1) is 13.2. The van der Waals surface area contributed by atoms with Gasteiger partial charge in [-0.3, -0.25) is 4.79 Å². The molecule has 6 nitrogen and oxygen atoms in total. The summed E-state index contributed by atoms with van der Waals surface area (Å²) in [6, 6.07) is 7.82. The minimum atomic E-state index is 0.0325. The number of benzene rings is 1. The molecule has 6 heteroatoms. The third-order valence-corrected chi connectivity index (χ3v) is 5.88. The molecular formula is C21H28N4O2. The van der Waals surface area contributed by atoms with Gasteiger partial charge in [0.1, 0.15) is 0 Å². The quantitative estimate of drug-likeness (QED) is 0.833. The molecule has 1 amide bonds. The Morgan fingerprint density at radius 1 is 1.07 bits per heavy atom. The third-order valence-electron chi connectivity index (χ3n) is 5.88. The van der Waals surface area contributed by atoms with E-state index in [0.29, 0.717) is 18.3 Å². The molecule has 2 saturated heterocycles. The molecule has 0 N–H and O–H groups in total. The smallest absolute Gasteiger partial charge is 0.257 e. The van der Waals surface area contributed by atoms with Crippen molar-refractivity contribution in [3.05, 3.63) is 24.3 Å². The first-order valence-corrected chi connectivity index (χ1v) is 10.00. The van der Waals surface area contributed by atoms with E-state index in [0.717, 1.165) is 68.1 Å². The van der Waals surface area contributed by atoms with Crippen molar-refractivity contribution in [2.75, 3.05) is 38.2 Å². The van der Waals surface area contributed by atoms with Gasteiger partial charge in [-0.1, -0.05) is 19.1 Å². The Hall–Kier alpha value is -2.37. The zero-order valence-corrected chi connectivity index (χ0v) is 16.2. The minimum absolute atomic E-state index is 0.0325. The average Bonchev–Trinajstić information content (AvgIpc) is 2.73. The van der Waals surface area contributed by atoms with Gasteiger partial charge in [0.2, 0.25) is 5.91 Å². The van der Waals surface area contributed by atoms with Gasteiger partial charge < -0.3 is 14.5 Å². The van der Waals surface area contributed by atoms with Gasteiger partial charge in [-0.05, 0) is 43.7 Å². The Bertz CT molecular complexity index is 817. The summed E-state index contributed by atoms with van der Waals surface area (Å²) in [5, 5.41) is 0. The van der Waals surface area contributed by atoms with Crippen molar-refractivity contribution in [2.24, 2.45) is 11.8 Å². The average molecular weight is 368 g/mol. The summed E-state index contributed by atoms with van der Waals surface area (Å²) >= 11 is 0. The van der Waals surface area contributed by atoms with Gasteiger partial charge in [-0.15, -0.1) is 0 Å². The maximum Gasteiger partial charge on any atom is 0.257 e. The van der Waals surface area contributed by atoms with Crippen LogP contribution in [0.4, 0.5) is 5.82 Å². The molecule has 0 saturated carbocycles. The van der Waals surface area contributed by atoms with Crippen molar-refractivity contribution < 1.29 is 9.53 Å². The van der Waals surface area contributed by atoms with Gasteiger partial charge in [0.05, 0.1) is 24.1 Å². The molecule has 1 aromatic carbocycles. The third kappa shape index (κ3) is 3.70. The number of para-hydroxylation sites is 2. The van der Waals surface area contributed by atoms with Crippen LogP contribution in [-0.2, 0) is 4.79 Å². The fraction of sp³-hybridized carbons (Fsp3) is 0.571. The maximum absolute atomic E-state index is 13.0. The van der Waals surface area contributed by atoms with E-state index in [1.807, 2.05) is 24.3 Å². The molecule has 27 heavy (non-hydrogen) atoms. The number of anilines is 1. The van der Waals surface area contributed by atoms with Gasteiger partial charge >= 0.3 is 0 Å². The van der Waals surface area contributed by atoms with Gasteiger partial charge in [0.15, 0.2) is 5.82 Å². The summed E-state index contributed by atoms with van der Waals surface area (Å²) < 4.78 is 5.52. The second-order valence-electron chi connectivity index (χ2n) is 7.84. The lowest BCUT2D eigenvalue weighted by molar-refractivity contribution is -0.137. The molecule has 2 fully saturated rings. The lowest BCUT2D eigenvalue weighted by Crippen LogP contribution is -2.47. The normalized spacial score (nSPS) is 21.5. The van der Waals surface area contributed by atoms with Crippen LogP contribution in [0.25, 0.3) is 11.0 Å². The number of amides is 1. The van der Waals surface area contributed by atoms with Crippen LogP contribution in [-0.4, -0.2) is 54.1 Å². The Labute approximate surface area is 160 Å². The van der Waals surface area contributed by atoms with Gasteiger partial charge in [-0.2, -0.15) is 0 Å². The Morgan fingerprint density at radius 3 is 2.48 bits per heavy atom. The van der Waals surface area contributed by atoms with E-state index < -0.39 is 0 Å². The SMILES string of the molecule is COc1nc2ccccc2nc1N1CCC[C@@H](C(=O)N2CCC(C)CC2)C1. The van der Waals surface area contributed by atoms with E-state index in [-0.39, 0.29) is 5.92 Å². The summed E-state index contributed by atoms with van der Waals surface area (Å²) in [7, 11) is 1.63. The highest BCUT2D eigenvalue weighted by Crippen LogP contribution is 2.31. The molecule has 1 aromatic heterocycles. The number of nitrogens with zero attached hydrogens (tertiary/aromatic N) is 4. The van der Waals surface area contributed by atoms with Gasteiger partial charge in [-0.25, -0.2) is 9.97 Å². The Morgan fingerprint density at radius 2 is 1.78 bits per heavy atom. The summed E-state index contributed by atoms with van der Waals surface area (Å²) in [6.07, 6.45) is 4.17. The summed E-state index contributed by atoms with van der Waals surface area (Å²) in [4.78, 5) is 26.7. The molecule has 0 bridgehead atoms. The van der Waals surface area contributed by atoms with E-state index in [4.69, 9.17) is 9.72 Å². The van der Waals surface area contributed by atoms with E-state index in [9.17, 15) is 4.79 Å². The monoisotopic (exact) mass is 368 g/mol. The molecule has 2 aliphatic rings. The topological polar surface area (TPSA) is 58.6 Å². The Balaban J connectivity index is 1.54. The number of rotatable bonds is 3. The standard InChI is InChI=1S/C21H28N4O2/c1-15-9-12-24(13-10-15)21(26)16-6-5-11-25(14-16)19-20(27-2)23-18-8-4-3-7-17(18)22-19/h3-4,7-8,15-16H,5-6,9-14H2,1-2H3/t16-/m1/s1. The first kappa shape index (κ1) is 18.0. The molecule has 0 spiro atoms. The van der Waals surface area contributed by atoms with Crippen LogP contribution in [0.3, 0.4) is 0 Å². The molecular weight excluding hydrogens is 340 g/mol. The van der Waals surface area contributed by atoms with Crippen molar-refractivity contribution >= 4 is 22.8 Å². The number of piperidine rings is 2. The molecule has 144 valence electrons. The number of methoxy groups -OCH3 is 1. The van der Waals surface area contributed by atoms with Gasteiger partial charge in [0.25, 0.3) is 5.88 Å². The highest BCUT2D eigenvalue weighted by molar-refractivity contribution is 5.81. The van der Waals surface area contributed by atoms with E-state index in [1.165, 1.54) is 0 Å². The molecule has 0 radical (unpaired) electrons. The fourth-order valence-corrected chi connectivity index (χ4v) is 4.18. The zero-order valence-electron chi connectivity index (χ0n) is 16.2. The van der Waals surface area contributed by atoms with E-state index >= 15 is 0 Å². The molecule has 0 aliphatic carbocycles. The second kappa shape index (κ2) is 7.71.